The van der Waals surface area contributed by atoms with E-state index in [0.717, 1.165) is 32.3 Å². The fraction of sp³-hybridized carbons (Fsp3) is 0.333. The number of methoxy groups -OCH3 is 1. The van der Waals surface area contributed by atoms with Crippen LogP contribution in [0.4, 0.5) is 0 Å². The van der Waals surface area contributed by atoms with Crippen LogP contribution in [-0.2, 0) is 73.8 Å². The summed E-state index contributed by atoms with van der Waals surface area (Å²) in [6.07, 6.45) is -6.48. The summed E-state index contributed by atoms with van der Waals surface area (Å²) in [7, 11) is 1.62. The second kappa shape index (κ2) is 23.3. The van der Waals surface area contributed by atoms with Gasteiger partial charge in [0.1, 0.15) is 0 Å². The summed E-state index contributed by atoms with van der Waals surface area (Å²) in [5.41, 5.74) is 5.06. The molecular weight excluding hydrogens is 888 g/mol. The Morgan fingerprint density at radius 3 is 1.54 bits per heavy atom. The molecule has 0 bridgehead atoms. The molecule has 65 heavy (non-hydrogen) atoms. The molecule has 3 heterocycles. The van der Waals surface area contributed by atoms with E-state index in [1.54, 1.807) is 7.11 Å². The van der Waals surface area contributed by atoms with Crippen LogP contribution in [0.1, 0.15) is 34.1 Å². The van der Waals surface area contributed by atoms with E-state index in [0.29, 0.717) is 26.4 Å². The topological polar surface area (TPSA) is 92.3 Å². The molecule has 10 nitrogen and oxygen atoms in total. The molecule has 3 aliphatic rings. The van der Waals surface area contributed by atoms with Gasteiger partial charge in [-0.25, -0.2) is 0 Å². The van der Waals surface area contributed by atoms with Gasteiger partial charge in [-0.15, -0.1) is 0 Å². The van der Waals surface area contributed by atoms with E-state index in [1.807, 2.05) is 121 Å². The molecule has 0 saturated carbocycles. The van der Waals surface area contributed by atoms with Gasteiger partial charge in [0.15, 0.2) is 0 Å². The van der Waals surface area contributed by atoms with E-state index in [-0.39, 0.29) is 33.0 Å². The van der Waals surface area contributed by atoms with Gasteiger partial charge < -0.3 is 0 Å². The van der Waals surface area contributed by atoms with E-state index in [4.69, 9.17) is 47.4 Å². The first-order chi connectivity index (χ1) is 32.2. The maximum atomic E-state index is 7.41. The molecule has 0 amide bonds. The van der Waals surface area contributed by atoms with E-state index >= 15 is 0 Å². The van der Waals surface area contributed by atoms with Crippen molar-refractivity contribution in [2.45, 2.75) is 92.8 Å². The van der Waals surface area contributed by atoms with Gasteiger partial charge in [0, 0.05) is 0 Å². The van der Waals surface area contributed by atoms with Crippen LogP contribution >= 0.6 is 0 Å². The van der Waals surface area contributed by atoms with Crippen LogP contribution in [0.2, 0.25) is 4.82 Å². The van der Waals surface area contributed by atoms with Crippen molar-refractivity contribution in [2.75, 3.05) is 20.3 Å². The van der Waals surface area contributed by atoms with Crippen LogP contribution in [0.25, 0.3) is 0 Å². The Labute approximate surface area is 388 Å². The van der Waals surface area contributed by atoms with Crippen LogP contribution in [-0.4, -0.2) is 90.6 Å². The van der Waals surface area contributed by atoms with Gasteiger partial charge in [-0.3, -0.25) is 0 Å². The van der Waals surface area contributed by atoms with Crippen LogP contribution in [0, 0.1) is 0 Å². The van der Waals surface area contributed by atoms with Crippen molar-refractivity contribution in [3.8, 4) is 0 Å². The molecule has 9 rings (SSSR count). The zero-order valence-corrected chi connectivity index (χ0v) is 38.1. The van der Waals surface area contributed by atoms with Crippen molar-refractivity contribution in [2.24, 2.45) is 0 Å². The molecule has 3 saturated heterocycles. The summed E-state index contributed by atoms with van der Waals surface area (Å²) in [4.78, 5) is -0.322. The molecule has 3 aliphatic heterocycles. The Hall–Kier alpha value is -4.56. The number of hydrogen-bond acceptors (Lipinski definition) is 10. The van der Waals surface area contributed by atoms with Crippen LogP contribution in [0.3, 0.4) is 0 Å². The molecule has 338 valence electrons. The van der Waals surface area contributed by atoms with Crippen molar-refractivity contribution in [3.63, 3.8) is 0 Å². The first-order valence-electron chi connectivity index (χ1n) is 22.3. The molecule has 0 spiro atoms. The Morgan fingerprint density at radius 2 is 0.985 bits per heavy atom. The van der Waals surface area contributed by atoms with Crippen molar-refractivity contribution < 1.29 is 47.4 Å². The van der Waals surface area contributed by atoms with E-state index < -0.39 is 61.6 Å². The third-order valence-corrected chi connectivity index (χ3v) is 14.5. The molecule has 0 aliphatic carbocycles. The van der Waals surface area contributed by atoms with Crippen LogP contribution in [0.15, 0.2) is 182 Å². The first-order valence-corrected chi connectivity index (χ1v) is 24.1. The minimum absolute atomic E-state index is 0.219. The van der Waals surface area contributed by atoms with E-state index in [2.05, 4.69) is 60.7 Å². The van der Waals surface area contributed by atoms with E-state index in [1.165, 1.54) is 0 Å². The Morgan fingerprint density at radius 1 is 0.492 bits per heavy atom. The average Bonchev–Trinajstić information content (AvgIpc) is 3.37. The molecular formula is C54H56O10Se. The molecule has 11 heteroatoms. The van der Waals surface area contributed by atoms with Crippen LogP contribution in [0.5, 0.6) is 0 Å². The average molecular weight is 944 g/mol. The van der Waals surface area contributed by atoms with Crippen molar-refractivity contribution in [1.29, 1.82) is 0 Å². The normalized spacial score (nSPS) is 27.7. The number of fused-ring (bicyclic) bond motifs is 1. The zero-order valence-electron chi connectivity index (χ0n) is 36.4. The Bertz CT molecular complexity index is 2260. The fourth-order valence-corrected chi connectivity index (χ4v) is 11.1. The third-order valence-electron chi connectivity index (χ3n) is 11.7. The second-order valence-electron chi connectivity index (χ2n) is 16.3. The summed E-state index contributed by atoms with van der Waals surface area (Å²) in [5.74, 6) is 0. The molecule has 0 aromatic heterocycles. The predicted octanol–water partition coefficient (Wildman–Crippen LogP) is 8.37. The fourth-order valence-electron chi connectivity index (χ4n) is 8.47. The zero-order chi connectivity index (χ0) is 44.0. The second-order valence-corrected chi connectivity index (χ2v) is 18.9. The van der Waals surface area contributed by atoms with Crippen molar-refractivity contribution in [1.82, 2.24) is 0 Å². The molecule has 0 N–H and O–H groups in total. The number of ether oxygens (including phenoxy) is 10. The molecule has 6 aromatic carbocycles. The molecule has 11 atom stereocenters. The minimum atomic E-state index is -0.852. The summed E-state index contributed by atoms with van der Waals surface area (Å²) in [5, 5.41) is 0. The summed E-state index contributed by atoms with van der Waals surface area (Å²) < 4.78 is 69.3. The quantitative estimate of drug-likeness (QED) is 0.0739. The van der Waals surface area contributed by atoms with Crippen molar-refractivity contribution in [3.05, 3.63) is 210 Å². The Kier molecular flexibility index (Phi) is 16.3. The van der Waals surface area contributed by atoms with Gasteiger partial charge in [-0.05, 0) is 0 Å². The van der Waals surface area contributed by atoms with E-state index in [9.17, 15) is 0 Å². The number of hydrogen-bond donors (Lipinski definition) is 0. The SMILES string of the molecule is CO[C@H]1O[C@@H]2CO[C@@H](c3ccccc3)O[C@H]2[C@H](OCc2ccccc2)[C@H]1OC1O[C@H](COCc2ccccc2)[C@@H](OCc2ccccc2)[C@H](OCc2ccccc2)[C@H]1[Se]c1ccccc1. The summed E-state index contributed by atoms with van der Waals surface area (Å²) >= 11 is -0.244. The van der Waals surface area contributed by atoms with Gasteiger partial charge >= 0.3 is 390 Å². The van der Waals surface area contributed by atoms with Gasteiger partial charge in [0.05, 0.1) is 0 Å². The monoisotopic (exact) mass is 944 g/mol. The number of benzene rings is 6. The summed E-state index contributed by atoms with van der Waals surface area (Å²) in [6, 6.07) is 61.0. The van der Waals surface area contributed by atoms with Gasteiger partial charge in [-0.2, -0.15) is 0 Å². The standard InChI is InChI=1S/C54H56O10Se/c1-55-53-50(48(58-34-40-24-12-4-13-25-40)47-45(61-53)37-60-52(63-47)42-28-16-6-17-29-42)64-54-51(65-43-30-18-7-19-31-43)49(59-35-41-26-14-5-15-27-41)46(57-33-39-22-10-3-11-23-39)44(62-54)36-56-32-38-20-8-2-9-21-38/h2-31,44-54H,32-37H2,1H3/t44-,45-,46-,47-,48+,49+,50-,51-,52-,53+,54?/m1/s1. The van der Waals surface area contributed by atoms with Gasteiger partial charge in [-0.1, -0.05) is 0 Å². The molecule has 0 radical (unpaired) electrons. The molecule has 3 fully saturated rings. The third kappa shape index (κ3) is 12.1. The summed E-state index contributed by atoms with van der Waals surface area (Å²) in [6.45, 7) is 1.91. The van der Waals surface area contributed by atoms with Crippen molar-refractivity contribution >= 4 is 19.4 Å². The predicted molar refractivity (Wildman–Crippen MR) is 246 cm³/mol. The Balaban J connectivity index is 1.08. The van der Waals surface area contributed by atoms with Crippen LogP contribution < -0.4 is 4.46 Å². The number of rotatable bonds is 19. The van der Waals surface area contributed by atoms with Gasteiger partial charge in [0.25, 0.3) is 0 Å². The van der Waals surface area contributed by atoms with Gasteiger partial charge in [0.2, 0.25) is 0 Å². The molecule has 1 unspecified atom stereocenters. The first kappa shape index (κ1) is 45.6. The molecule has 6 aromatic rings. The maximum absolute atomic E-state index is 7.41.